The Bertz CT molecular complexity index is 1220. The molecule has 0 spiro atoms. The van der Waals surface area contributed by atoms with E-state index in [4.69, 9.17) is 9.47 Å². The predicted molar refractivity (Wildman–Crippen MR) is 125 cm³/mol. The van der Waals surface area contributed by atoms with Crippen LogP contribution in [0.5, 0.6) is 11.5 Å². The Kier molecular flexibility index (Phi) is 7.05. The van der Waals surface area contributed by atoms with Crippen molar-refractivity contribution in [2.24, 2.45) is 0 Å². The van der Waals surface area contributed by atoms with E-state index in [0.717, 1.165) is 15.4 Å². The summed E-state index contributed by atoms with van der Waals surface area (Å²) in [5, 5.41) is 2.74. The van der Waals surface area contributed by atoms with Gasteiger partial charge in [-0.15, -0.1) is 0 Å². The first-order valence-corrected chi connectivity index (χ1v) is 11.4. The Morgan fingerprint density at radius 2 is 1.62 bits per heavy atom. The molecule has 0 saturated carbocycles. The summed E-state index contributed by atoms with van der Waals surface area (Å²) in [6.07, 6.45) is 0. The van der Waals surface area contributed by atoms with Crippen molar-refractivity contribution in [3.63, 3.8) is 0 Å². The molecule has 0 aliphatic rings. The summed E-state index contributed by atoms with van der Waals surface area (Å²) in [6, 6.07) is 18.8. The van der Waals surface area contributed by atoms with Crippen LogP contribution < -0.4 is 19.1 Å². The SMILES string of the molecule is COc1cccc(NC(=O)CN(c2cccc(C)c2)S(=O)(=O)c2cc(C)ccc2OC)c1. The fraction of sp³-hybridized carbons (Fsp3) is 0.208. The summed E-state index contributed by atoms with van der Waals surface area (Å²) in [4.78, 5) is 12.9. The number of rotatable bonds is 8. The van der Waals surface area contributed by atoms with Gasteiger partial charge >= 0.3 is 0 Å². The van der Waals surface area contributed by atoms with E-state index >= 15 is 0 Å². The minimum absolute atomic E-state index is 0.00399. The van der Waals surface area contributed by atoms with E-state index in [9.17, 15) is 13.2 Å². The molecule has 0 saturated heterocycles. The monoisotopic (exact) mass is 454 g/mol. The van der Waals surface area contributed by atoms with Crippen molar-refractivity contribution in [3.8, 4) is 11.5 Å². The van der Waals surface area contributed by atoms with Crippen LogP contribution in [-0.2, 0) is 14.8 Å². The first-order valence-electron chi connectivity index (χ1n) is 9.92. The molecule has 0 unspecified atom stereocenters. The van der Waals surface area contributed by atoms with Crippen LogP contribution in [0, 0.1) is 13.8 Å². The zero-order valence-electron chi connectivity index (χ0n) is 18.5. The lowest BCUT2D eigenvalue weighted by atomic mass is 10.2. The Hall–Kier alpha value is -3.52. The van der Waals surface area contributed by atoms with Crippen molar-refractivity contribution in [2.45, 2.75) is 18.7 Å². The second kappa shape index (κ2) is 9.74. The molecular weight excluding hydrogens is 428 g/mol. The summed E-state index contributed by atoms with van der Waals surface area (Å²) in [6.45, 7) is 3.24. The van der Waals surface area contributed by atoms with Crippen LogP contribution in [0.4, 0.5) is 11.4 Å². The highest BCUT2D eigenvalue weighted by Crippen LogP contribution is 2.31. The molecule has 1 N–H and O–H groups in total. The van der Waals surface area contributed by atoms with Crippen molar-refractivity contribution >= 4 is 27.3 Å². The molecule has 0 heterocycles. The fourth-order valence-corrected chi connectivity index (χ4v) is 4.89. The van der Waals surface area contributed by atoms with Crippen molar-refractivity contribution in [1.82, 2.24) is 0 Å². The number of methoxy groups -OCH3 is 2. The second-order valence-corrected chi connectivity index (χ2v) is 9.12. The fourth-order valence-electron chi connectivity index (χ4n) is 3.23. The van der Waals surface area contributed by atoms with E-state index in [1.165, 1.54) is 20.3 Å². The molecule has 168 valence electrons. The largest absolute Gasteiger partial charge is 0.497 e. The summed E-state index contributed by atoms with van der Waals surface area (Å²) in [5.41, 5.74) is 2.51. The molecule has 7 nitrogen and oxygen atoms in total. The number of benzene rings is 3. The van der Waals surface area contributed by atoms with E-state index in [0.29, 0.717) is 17.1 Å². The van der Waals surface area contributed by atoms with Crippen LogP contribution in [0.2, 0.25) is 0 Å². The van der Waals surface area contributed by atoms with Crippen LogP contribution in [0.25, 0.3) is 0 Å². The number of nitrogens with zero attached hydrogens (tertiary/aromatic N) is 1. The molecule has 3 rings (SSSR count). The molecule has 3 aromatic carbocycles. The van der Waals surface area contributed by atoms with Gasteiger partial charge in [0, 0.05) is 11.8 Å². The number of ether oxygens (including phenoxy) is 2. The second-order valence-electron chi connectivity index (χ2n) is 7.29. The topological polar surface area (TPSA) is 84.9 Å². The number of carbonyl (C=O) groups excluding carboxylic acids is 1. The highest BCUT2D eigenvalue weighted by atomic mass is 32.2. The van der Waals surface area contributed by atoms with Gasteiger partial charge < -0.3 is 14.8 Å². The Morgan fingerprint density at radius 3 is 2.31 bits per heavy atom. The van der Waals surface area contributed by atoms with Gasteiger partial charge in [-0.2, -0.15) is 0 Å². The zero-order valence-corrected chi connectivity index (χ0v) is 19.3. The van der Waals surface area contributed by atoms with Gasteiger partial charge in [0.1, 0.15) is 22.9 Å². The van der Waals surface area contributed by atoms with Gasteiger partial charge in [-0.25, -0.2) is 8.42 Å². The number of hydrogen-bond donors (Lipinski definition) is 1. The molecule has 3 aromatic rings. The van der Waals surface area contributed by atoms with E-state index in [2.05, 4.69) is 5.32 Å². The highest BCUT2D eigenvalue weighted by Gasteiger charge is 2.30. The molecule has 0 atom stereocenters. The van der Waals surface area contributed by atoms with E-state index < -0.39 is 22.5 Å². The molecule has 1 amide bonds. The van der Waals surface area contributed by atoms with Gasteiger partial charge in [0.05, 0.1) is 19.9 Å². The Morgan fingerprint density at radius 1 is 0.906 bits per heavy atom. The van der Waals surface area contributed by atoms with Gasteiger partial charge in [-0.3, -0.25) is 9.10 Å². The maximum absolute atomic E-state index is 13.7. The van der Waals surface area contributed by atoms with Gasteiger partial charge in [0.2, 0.25) is 5.91 Å². The van der Waals surface area contributed by atoms with Crippen LogP contribution in [-0.4, -0.2) is 35.1 Å². The molecule has 32 heavy (non-hydrogen) atoms. The molecule has 0 aliphatic carbocycles. The molecule has 0 radical (unpaired) electrons. The maximum atomic E-state index is 13.7. The number of hydrogen-bond acceptors (Lipinski definition) is 5. The molecule has 0 aliphatic heterocycles. The van der Waals surface area contributed by atoms with Crippen LogP contribution in [0.15, 0.2) is 71.6 Å². The zero-order chi connectivity index (χ0) is 23.3. The molecule has 0 fully saturated rings. The number of amides is 1. The van der Waals surface area contributed by atoms with E-state index in [1.54, 1.807) is 61.5 Å². The summed E-state index contributed by atoms with van der Waals surface area (Å²) < 4.78 is 39.0. The number of sulfonamides is 1. The summed E-state index contributed by atoms with van der Waals surface area (Å²) in [5.74, 6) is 0.298. The predicted octanol–water partition coefficient (Wildman–Crippen LogP) is 4.15. The Labute approximate surface area is 188 Å². The minimum Gasteiger partial charge on any atom is -0.497 e. The number of aryl methyl sites for hydroxylation is 2. The first kappa shape index (κ1) is 23.1. The minimum atomic E-state index is -4.11. The summed E-state index contributed by atoms with van der Waals surface area (Å²) >= 11 is 0. The Balaban J connectivity index is 2.01. The molecular formula is C24H26N2O5S. The summed E-state index contributed by atoms with van der Waals surface area (Å²) in [7, 11) is -1.17. The van der Waals surface area contributed by atoms with E-state index in [-0.39, 0.29) is 10.6 Å². The van der Waals surface area contributed by atoms with Crippen molar-refractivity contribution in [2.75, 3.05) is 30.4 Å². The van der Waals surface area contributed by atoms with E-state index in [1.807, 2.05) is 13.0 Å². The first-order chi connectivity index (χ1) is 15.2. The lowest BCUT2D eigenvalue weighted by Crippen LogP contribution is -2.38. The highest BCUT2D eigenvalue weighted by molar-refractivity contribution is 7.93. The average molecular weight is 455 g/mol. The molecule has 8 heteroatoms. The normalized spacial score (nSPS) is 11.0. The van der Waals surface area contributed by atoms with Gasteiger partial charge in [-0.1, -0.05) is 24.3 Å². The quantitative estimate of drug-likeness (QED) is 0.553. The number of carbonyl (C=O) groups is 1. The smallest absolute Gasteiger partial charge is 0.268 e. The lowest BCUT2D eigenvalue weighted by molar-refractivity contribution is -0.114. The maximum Gasteiger partial charge on any atom is 0.268 e. The lowest BCUT2D eigenvalue weighted by Gasteiger charge is -2.25. The molecule has 0 aromatic heterocycles. The van der Waals surface area contributed by atoms with Gasteiger partial charge in [0.25, 0.3) is 10.0 Å². The number of anilines is 2. The van der Waals surface area contributed by atoms with Crippen LogP contribution in [0.3, 0.4) is 0 Å². The van der Waals surface area contributed by atoms with Crippen molar-refractivity contribution in [3.05, 3.63) is 77.9 Å². The van der Waals surface area contributed by atoms with Crippen molar-refractivity contribution < 1.29 is 22.7 Å². The van der Waals surface area contributed by atoms with Crippen molar-refractivity contribution in [1.29, 1.82) is 0 Å². The van der Waals surface area contributed by atoms with Crippen LogP contribution in [0.1, 0.15) is 11.1 Å². The third-order valence-corrected chi connectivity index (χ3v) is 6.61. The number of nitrogens with one attached hydrogen (secondary N) is 1. The van der Waals surface area contributed by atoms with Gasteiger partial charge in [-0.05, 0) is 61.4 Å². The molecule has 0 bridgehead atoms. The third kappa shape index (κ3) is 5.20. The average Bonchev–Trinajstić information content (AvgIpc) is 2.77. The van der Waals surface area contributed by atoms with Gasteiger partial charge in [0.15, 0.2) is 0 Å². The standard InChI is InChI=1S/C24H26N2O5S/c1-17-7-5-9-20(13-17)26(16-24(27)25-19-8-6-10-21(15-19)30-3)32(28,29)23-14-18(2)11-12-22(23)31-4/h5-15H,16H2,1-4H3,(H,25,27). The third-order valence-electron chi connectivity index (χ3n) is 4.82. The van der Waals surface area contributed by atoms with Crippen LogP contribution >= 0.6 is 0 Å².